The van der Waals surface area contributed by atoms with Gasteiger partial charge in [0.05, 0.1) is 4.92 Å². The maximum atomic E-state index is 11.8. The average Bonchev–Trinajstić information content (AvgIpc) is 3.20. The lowest BCUT2D eigenvalue weighted by Gasteiger charge is -2.11. The number of nitro groups is 1. The number of nitrogens with one attached hydrogen (secondary N) is 2. The van der Waals surface area contributed by atoms with Crippen molar-refractivity contribution in [3.8, 4) is 5.69 Å². The number of rotatable bonds is 5. The maximum Gasteiger partial charge on any atom is 0.326 e. The van der Waals surface area contributed by atoms with Crippen LogP contribution in [0, 0.1) is 24.0 Å². The number of imide groups is 1. The number of benzene rings is 2. The van der Waals surface area contributed by atoms with Crippen molar-refractivity contribution in [2.75, 3.05) is 0 Å². The topological polar surface area (TPSA) is 106 Å². The molecule has 2 heterocycles. The van der Waals surface area contributed by atoms with Gasteiger partial charge in [-0.05, 0) is 68.0 Å². The van der Waals surface area contributed by atoms with Gasteiger partial charge < -0.3 is 9.88 Å². The molecular weight excluding hydrogens is 416 g/mol. The molecule has 1 saturated heterocycles. The molecule has 9 heteroatoms. The molecule has 3 amide bonds. The van der Waals surface area contributed by atoms with Crippen LogP contribution in [0.15, 0.2) is 70.1 Å². The third kappa shape index (κ3) is 4.22. The summed E-state index contributed by atoms with van der Waals surface area (Å²) in [7, 11) is 0. The third-order valence-electron chi connectivity index (χ3n) is 4.87. The molecule has 1 aromatic heterocycles. The molecule has 4 rings (SSSR count). The molecule has 31 heavy (non-hydrogen) atoms. The Bertz CT molecular complexity index is 1230. The van der Waals surface area contributed by atoms with Crippen LogP contribution >= 0.6 is 11.8 Å². The van der Waals surface area contributed by atoms with Gasteiger partial charge in [0, 0.05) is 39.0 Å². The molecule has 8 nitrogen and oxygen atoms in total. The van der Waals surface area contributed by atoms with Gasteiger partial charge in [-0.1, -0.05) is 11.8 Å². The molecule has 0 bridgehead atoms. The first-order chi connectivity index (χ1) is 14.8. The first-order valence-electron chi connectivity index (χ1n) is 9.37. The van der Waals surface area contributed by atoms with E-state index in [0.717, 1.165) is 32.4 Å². The Morgan fingerprint density at radius 1 is 0.968 bits per heavy atom. The van der Waals surface area contributed by atoms with E-state index in [2.05, 4.69) is 15.2 Å². The zero-order valence-corrected chi connectivity index (χ0v) is 17.5. The summed E-state index contributed by atoms with van der Waals surface area (Å²) in [4.78, 5) is 35.4. The summed E-state index contributed by atoms with van der Waals surface area (Å²) in [6, 6.07) is 15.9. The van der Waals surface area contributed by atoms with Gasteiger partial charge in [-0.25, -0.2) is 4.79 Å². The molecule has 1 fully saturated rings. The van der Waals surface area contributed by atoms with E-state index >= 15 is 0 Å². The summed E-state index contributed by atoms with van der Waals surface area (Å²) < 4.78 is 2.07. The van der Waals surface area contributed by atoms with Crippen molar-refractivity contribution >= 4 is 35.5 Å². The second-order valence-corrected chi connectivity index (χ2v) is 8.12. The zero-order valence-electron chi connectivity index (χ0n) is 16.7. The number of nitrogens with zero attached hydrogens (tertiary/aromatic N) is 2. The minimum absolute atomic E-state index is 0.0682. The Kier molecular flexibility index (Phi) is 5.35. The Morgan fingerprint density at radius 2 is 1.58 bits per heavy atom. The number of carbonyl (C=O) groups is 2. The Hall–Kier alpha value is -3.85. The van der Waals surface area contributed by atoms with Crippen molar-refractivity contribution in [2.45, 2.75) is 23.6 Å². The first kappa shape index (κ1) is 20.4. The van der Waals surface area contributed by atoms with E-state index in [1.54, 1.807) is 18.2 Å². The third-order valence-corrected chi connectivity index (χ3v) is 5.88. The molecule has 0 aliphatic carbocycles. The van der Waals surface area contributed by atoms with Gasteiger partial charge in [-0.3, -0.25) is 20.2 Å². The largest absolute Gasteiger partial charge is 0.326 e. The Morgan fingerprint density at radius 3 is 2.13 bits per heavy atom. The van der Waals surface area contributed by atoms with Gasteiger partial charge in [-0.2, -0.15) is 0 Å². The number of non-ortho nitro benzene ring substituents is 1. The summed E-state index contributed by atoms with van der Waals surface area (Å²) in [5.41, 5.74) is 4.03. The van der Waals surface area contributed by atoms with Gasteiger partial charge in [0.15, 0.2) is 0 Å². The highest BCUT2D eigenvalue weighted by atomic mass is 32.2. The monoisotopic (exact) mass is 434 g/mol. The summed E-state index contributed by atoms with van der Waals surface area (Å²) in [6.07, 6.45) is 1.66. The average molecular weight is 434 g/mol. The lowest BCUT2D eigenvalue weighted by Crippen LogP contribution is -2.22. The number of urea groups is 1. The van der Waals surface area contributed by atoms with E-state index in [9.17, 15) is 19.7 Å². The van der Waals surface area contributed by atoms with Crippen LogP contribution in [0.5, 0.6) is 0 Å². The second kappa shape index (κ2) is 8.11. The molecule has 3 aromatic rings. The molecule has 2 aromatic carbocycles. The fourth-order valence-electron chi connectivity index (χ4n) is 3.40. The van der Waals surface area contributed by atoms with Gasteiger partial charge in [0.1, 0.15) is 5.70 Å². The normalized spacial score (nSPS) is 14.6. The van der Waals surface area contributed by atoms with Crippen LogP contribution < -0.4 is 10.6 Å². The first-order valence-corrected chi connectivity index (χ1v) is 10.2. The predicted octanol–water partition coefficient (Wildman–Crippen LogP) is 4.33. The molecule has 0 unspecified atom stereocenters. The van der Waals surface area contributed by atoms with Crippen LogP contribution in [0.25, 0.3) is 11.8 Å². The Balaban J connectivity index is 1.56. The van der Waals surface area contributed by atoms with E-state index in [1.807, 2.05) is 44.2 Å². The van der Waals surface area contributed by atoms with Crippen molar-refractivity contribution in [3.63, 3.8) is 0 Å². The van der Waals surface area contributed by atoms with Crippen LogP contribution in [0.1, 0.15) is 17.0 Å². The van der Waals surface area contributed by atoms with Crippen molar-refractivity contribution in [3.05, 3.63) is 87.4 Å². The molecule has 2 N–H and O–H groups in total. The fourth-order valence-corrected chi connectivity index (χ4v) is 4.22. The molecule has 0 spiro atoms. The highest BCUT2D eigenvalue weighted by molar-refractivity contribution is 7.99. The van der Waals surface area contributed by atoms with Crippen molar-refractivity contribution in [1.82, 2.24) is 15.2 Å². The summed E-state index contributed by atoms with van der Waals surface area (Å²) >= 11 is 1.52. The summed E-state index contributed by atoms with van der Waals surface area (Å²) in [5.74, 6) is -0.442. The van der Waals surface area contributed by atoms with Crippen LogP contribution in [-0.2, 0) is 4.79 Å². The minimum Gasteiger partial charge on any atom is -0.318 e. The summed E-state index contributed by atoms with van der Waals surface area (Å²) in [6.45, 7) is 3.93. The number of amides is 3. The van der Waals surface area contributed by atoms with Crippen LogP contribution in [0.4, 0.5) is 10.5 Å². The van der Waals surface area contributed by atoms with Gasteiger partial charge >= 0.3 is 6.03 Å². The molecule has 1 aliphatic rings. The molecule has 0 atom stereocenters. The van der Waals surface area contributed by atoms with E-state index in [0.29, 0.717) is 0 Å². The number of hydrogen-bond donors (Lipinski definition) is 2. The van der Waals surface area contributed by atoms with Gasteiger partial charge in [0.2, 0.25) is 0 Å². The SMILES string of the molecule is Cc1cc(/C=C2/NC(=O)NC2=O)c(C)n1-c1ccc(Sc2ccc([N+](=O)[O-])cc2)cc1. The number of nitro benzene ring substituents is 1. The fraction of sp³-hybridized carbons (Fsp3) is 0.0909. The molecular formula is C22H18N4O4S. The van der Waals surface area contributed by atoms with Crippen LogP contribution in [-0.4, -0.2) is 21.4 Å². The number of hydrogen-bond acceptors (Lipinski definition) is 5. The summed E-state index contributed by atoms with van der Waals surface area (Å²) in [5, 5.41) is 15.5. The van der Waals surface area contributed by atoms with E-state index in [-0.39, 0.29) is 11.4 Å². The zero-order chi connectivity index (χ0) is 22.1. The molecule has 156 valence electrons. The highest BCUT2D eigenvalue weighted by Crippen LogP contribution is 2.30. The molecule has 0 radical (unpaired) electrons. The van der Waals surface area contributed by atoms with E-state index in [1.165, 1.54) is 23.9 Å². The van der Waals surface area contributed by atoms with E-state index in [4.69, 9.17) is 0 Å². The highest BCUT2D eigenvalue weighted by Gasteiger charge is 2.23. The quantitative estimate of drug-likeness (QED) is 0.269. The second-order valence-electron chi connectivity index (χ2n) is 6.98. The lowest BCUT2D eigenvalue weighted by molar-refractivity contribution is -0.384. The molecule has 1 aliphatic heterocycles. The maximum absolute atomic E-state index is 11.8. The number of aromatic nitrogens is 1. The van der Waals surface area contributed by atoms with Gasteiger partial charge in [0.25, 0.3) is 11.6 Å². The number of carbonyl (C=O) groups excluding carboxylic acids is 2. The molecule has 0 saturated carbocycles. The van der Waals surface area contributed by atoms with Crippen molar-refractivity contribution in [1.29, 1.82) is 0 Å². The smallest absolute Gasteiger partial charge is 0.318 e. The van der Waals surface area contributed by atoms with Crippen molar-refractivity contribution < 1.29 is 14.5 Å². The minimum atomic E-state index is -0.522. The predicted molar refractivity (Wildman–Crippen MR) is 117 cm³/mol. The van der Waals surface area contributed by atoms with E-state index < -0.39 is 16.9 Å². The standard InChI is InChI=1S/C22H18N4O4S/c1-13-11-15(12-20-21(27)24-22(28)23-20)14(2)25(13)16-3-7-18(8-4-16)31-19-9-5-17(6-10-19)26(29)30/h3-12H,1-2H3,(H2,23,24,27,28)/b20-12+. The van der Waals surface area contributed by atoms with Crippen LogP contribution in [0.3, 0.4) is 0 Å². The number of aryl methyl sites for hydroxylation is 1. The van der Waals surface area contributed by atoms with Crippen molar-refractivity contribution in [2.24, 2.45) is 0 Å². The van der Waals surface area contributed by atoms with Crippen LogP contribution in [0.2, 0.25) is 0 Å². The lowest BCUT2D eigenvalue weighted by atomic mass is 10.2. The Labute approximate surface area is 182 Å². The van der Waals surface area contributed by atoms with Gasteiger partial charge in [-0.15, -0.1) is 0 Å².